The first kappa shape index (κ1) is 24.5. The van der Waals surface area contributed by atoms with Crippen LogP contribution in [0.25, 0.3) is 0 Å². The second-order valence-corrected chi connectivity index (χ2v) is 9.32. The number of hydrogen-bond donors (Lipinski definition) is 3. The number of pyridine rings is 1. The van der Waals surface area contributed by atoms with Gasteiger partial charge in [0.25, 0.3) is 11.8 Å². The SMILES string of the molecule is CN(CCO)C(=O)C=S(=O)(NC(=O)c1cncc(C#Cc2cccc(O)c2)c1)c1ccccc1. The number of carbonyl (C=O) groups excluding carboxylic acids is 2. The van der Waals surface area contributed by atoms with Gasteiger partial charge in [-0.1, -0.05) is 36.1 Å². The van der Waals surface area contributed by atoms with E-state index in [1.54, 1.807) is 42.5 Å². The minimum atomic E-state index is -3.44. The van der Waals surface area contributed by atoms with E-state index in [-0.39, 0.29) is 29.4 Å². The van der Waals surface area contributed by atoms with Crippen LogP contribution in [0.2, 0.25) is 0 Å². The summed E-state index contributed by atoms with van der Waals surface area (Å²) in [6.07, 6.45) is 2.78. The molecule has 1 unspecified atom stereocenters. The number of nitrogens with one attached hydrogen (secondary N) is 1. The van der Waals surface area contributed by atoms with Crippen molar-refractivity contribution in [1.29, 1.82) is 0 Å². The van der Waals surface area contributed by atoms with Gasteiger partial charge < -0.3 is 15.1 Å². The standard InChI is InChI=1S/C25H23N3O5S/c1-28(12-13-29)24(31)18-34(33,23-8-3-2-4-9-23)27-25(32)21-14-20(16-26-17-21)11-10-19-6-5-7-22(30)15-19/h2-9,14-18,29-30H,12-13H2,1H3,(H,27,32,33). The van der Waals surface area contributed by atoms with Gasteiger partial charge >= 0.3 is 0 Å². The summed E-state index contributed by atoms with van der Waals surface area (Å²) in [5.41, 5.74) is 1.13. The highest BCUT2D eigenvalue weighted by Gasteiger charge is 2.19. The minimum Gasteiger partial charge on any atom is -0.508 e. The minimum absolute atomic E-state index is 0.0530. The van der Waals surface area contributed by atoms with Crippen LogP contribution < -0.4 is 4.72 Å². The van der Waals surface area contributed by atoms with Crippen molar-refractivity contribution in [3.05, 3.63) is 89.7 Å². The molecule has 8 nitrogen and oxygen atoms in total. The van der Waals surface area contributed by atoms with Gasteiger partial charge in [0.2, 0.25) is 0 Å². The number of aliphatic hydroxyl groups excluding tert-OH is 1. The number of nitrogens with zero attached hydrogens (tertiary/aromatic N) is 2. The molecule has 1 atom stereocenters. The Balaban J connectivity index is 1.91. The lowest BCUT2D eigenvalue weighted by molar-refractivity contribution is -0.122. The van der Waals surface area contributed by atoms with Crippen LogP contribution in [0.1, 0.15) is 21.5 Å². The van der Waals surface area contributed by atoms with E-state index in [2.05, 4.69) is 21.5 Å². The van der Waals surface area contributed by atoms with Crippen molar-refractivity contribution in [2.45, 2.75) is 4.90 Å². The fraction of sp³-hybridized carbons (Fsp3) is 0.120. The molecule has 0 bridgehead atoms. The monoisotopic (exact) mass is 477 g/mol. The van der Waals surface area contributed by atoms with Crippen molar-refractivity contribution in [3.8, 4) is 17.6 Å². The molecule has 0 aliphatic rings. The summed E-state index contributed by atoms with van der Waals surface area (Å²) < 4.78 is 16.2. The van der Waals surface area contributed by atoms with E-state index in [1.165, 1.54) is 42.5 Å². The molecule has 3 rings (SSSR count). The number of likely N-dealkylation sites (N-methyl/N-ethyl adjacent to an activating group) is 1. The highest BCUT2D eigenvalue weighted by molar-refractivity contribution is 8.01. The van der Waals surface area contributed by atoms with Gasteiger partial charge in [0.1, 0.15) is 5.75 Å². The van der Waals surface area contributed by atoms with Crippen LogP contribution in [-0.4, -0.2) is 61.7 Å². The number of carbonyl (C=O) groups is 2. The van der Waals surface area contributed by atoms with Crippen molar-refractivity contribution in [2.24, 2.45) is 0 Å². The zero-order chi connectivity index (χ0) is 24.6. The largest absolute Gasteiger partial charge is 0.508 e. The maximum absolute atomic E-state index is 13.7. The molecular weight excluding hydrogens is 454 g/mol. The Morgan fingerprint density at radius 3 is 2.50 bits per heavy atom. The van der Waals surface area contributed by atoms with Crippen molar-refractivity contribution in [2.75, 3.05) is 20.2 Å². The van der Waals surface area contributed by atoms with E-state index in [4.69, 9.17) is 5.11 Å². The van der Waals surface area contributed by atoms with Crippen LogP contribution in [0.4, 0.5) is 0 Å². The van der Waals surface area contributed by atoms with Crippen molar-refractivity contribution in [1.82, 2.24) is 14.6 Å². The van der Waals surface area contributed by atoms with Crippen LogP contribution in [0, 0.1) is 11.8 Å². The molecule has 0 saturated heterocycles. The molecular formula is C25H23N3O5S. The van der Waals surface area contributed by atoms with Crippen molar-refractivity contribution >= 4 is 26.9 Å². The Bertz CT molecular complexity index is 1370. The van der Waals surface area contributed by atoms with E-state index >= 15 is 0 Å². The lowest BCUT2D eigenvalue weighted by atomic mass is 10.1. The van der Waals surface area contributed by atoms with E-state index < -0.39 is 21.5 Å². The molecule has 0 aliphatic heterocycles. The summed E-state index contributed by atoms with van der Waals surface area (Å²) in [6.45, 7) is -0.200. The molecule has 3 aromatic rings. The van der Waals surface area contributed by atoms with Gasteiger partial charge in [-0.25, -0.2) is 4.21 Å². The van der Waals surface area contributed by atoms with Crippen LogP contribution >= 0.6 is 0 Å². The quantitative estimate of drug-likeness (QED) is 0.365. The van der Waals surface area contributed by atoms with Gasteiger partial charge in [-0.2, -0.15) is 0 Å². The third-order valence-electron chi connectivity index (χ3n) is 4.61. The molecule has 1 heterocycles. The van der Waals surface area contributed by atoms with E-state index in [0.29, 0.717) is 11.1 Å². The summed E-state index contributed by atoms with van der Waals surface area (Å²) in [6, 6.07) is 16.0. The Labute approximate surface area is 198 Å². The summed E-state index contributed by atoms with van der Waals surface area (Å²) in [7, 11) is -1.98. The molecule has 1 aromatic heterocycles. The zero-order valence-corrected chi connectivity index (χ0v) is 19.2. The lowest BCUT2D eigenvalue weighted by Gasteiger charge is -2.17. The molecule has 3 N–H and O–H groups in total. The molecule has 0 aliphatic carbocycles. The number of phenolic OH excluding ortho intramolecular Hbond substituents is 1. The summed E-state index contributed by atoms with van der Waals surface area (Å²) in [4.78, 5) is 31.0. The van der Waals surface area contributed by atoms with Crippen LogP contribution in [0.5, 0.6) is 5.75 Å². The normalized spacial score (nSPS) is 11.9. The summed E-state index contributed by atoms with van der Waals surface area (Å²) in [5.74, 6) is 4.53. The maximum atomic E-state index is 13.7. The third kappa shape index (κ3) is 6.45. The predicted molar refractivity (Wildman–Crippen MR) is 129 cm³/mol. The summed E-state index contributed by atoms with van der Waals surface area (Å²) in [5, 5.41) is 19.6. The van der Waals surface area contributed by atoms with Crippen LogP contribution in [-0.2, 0) is 14.5 Å². The van der Waals surface area contributed by atoms with E-state index in [9.17, 15) is 18.9 Å². The number of phenols is 1. The average molecular weight is 478 g/mol. The van der Waals surface area contributed by atoms with Gasteiger partial charge in [-0.3, -0.25) is 19.3 Å². The molecule has 34 heavy (non-hydrogen) atoms. The van der Waals surface area contributed by atoms with Crippen molar-refractivity contribution in [3.63, 3.8) is 0 Å². The number of rotatable bonds is 6. The molecule has 2 amide bonds. The van der Waals surface area contributed by atoms with Gasteiger partial charge in [-0.05, 0) is 36.4 Å². The third-order valence-corrected chi connectivity index (χ3v) is 6.61. The smallest absolute Gasteiger partial charge is 0.264 e. The first-order valence-electron chi connectivity index (χ1n) is 10.2. The Morgan fingerprint density at radius 2 is 1.79 bits per heavy atom. The second-order valence-electron chi connectivity index (χ2n) is 7.21. The molecule has 0 spiro atoms. The van der Waals surface area contributed by atoms with Gasteiger partial charge in [0.15, 0.2) is 0 Å². The molecule has 0 saturated carbocycles. The number of aliphatic hydroxyl groups is 1. The van der Waals surface area contributed by atoms with E-state index in [1.807, 2.05) is 0 Å². The maximum Gasteiger partial charge on any atom is 0.264 e. The summed E-state index contributed by atoms with van der Waals surface area (Å²) >= 11 is 0. The number of amides is 2. The average Bonchev–Trinajstić information content (AvgIpc) is 2.83. The lowest BCUT2D eigenvalue weighted by Crippen LogP contribution is -2.38. The molecule has 9 heteroatoms. The van der Waals surface area contributed by atoms with Crippen molar-refractivity contribution < 1.29 is 24.0 Å². The highest BCUT2D eigenvalue weighted by Crippen LogP contribution is 2.12. The second kappa shape index (κ2) is 11.1. The molecule has 174 valence electrons. The topological polar surface area (TPSA) is 120 Å². The van der Waals surface area contributed by atoms with Gasteiger partial charge in [0, 0.05) is 37.1 Å². The molecule has 2 aromatic carbocycles. The number of aromatic nitrogens is 1. The fourth-order valence-electron chi connectivity index (χ4n) is 2.83. The first-order chi connectivity index (χ1) is 16.3. The van der Waals surface area contributed by atoms with Crippen LogP contribution in [0.3, 0.4) is 0 Å². The van der Waals surface area contributed by atoms with Gasteiger partial charge in [0.05, 0.1) is 32.1 Å². The van der Waals surface area contributed by atoms with Gasteiger partial charge in [-0.15, -0.1) is 0 Å². The number of aromatic hydroxyl groups is 1. The number of hydrogen-bond acceptors (Lipinski definition) is 6. The van der Waals surface area contributed by atoms with E-state index in [0.717, 1.165) is 5.37 Å². The predicted octanol–water partition coefficient (Wildman–Crippen LogP) is 1.43. The van der Waals surface area contributed by atoms with Crippen LogP contribution in [0.15, 0.2) is 78.0 Å². The molecule has 0 fully saturated rings. The highest BCUT2D eigenvalue weighted by atomic mass is 32.2. The Kier molecular flexibility index (Phi) is 8.03. The molecule has 0 radical (unpaired) electrons. The number of benzene rings is 2. The Morgan fingerprint density at radius 1 is 1.06 bits per heavy atom. The zero-order valence-electron chi connectivity index (χ0n) is 18.3. The Hall–Kier alpha value is -4.13. The fourth-order valence-corrected chi connectivity index (χ4v) is 4.56. The first-order valence-corrected chi connectivity index (χ1v) is 11.8.